The highest BCUT2D eigenvalue weighted by Gasteiger charge is 2.34. The first kappa shape index (κ1) is 27.4. The zero-order valence-corrected chi connectivity index (χ0v) is 26.3. The molecule has 6 aromatic carbocycles. The highest BCUT2D eigenvalue weighted by molar-refractivity contribution is 6.13. The topological polar surface area (TPSA) is 43.6 Å². The molecule has 0 N–H and O–H groups in total. The summed E-state index contributed by atoms with van der Waals surface area (Å²) in [5.74, 6) is 2.57. The molecule has 4 heteroatoms. The lowest BCUT2D eigenvalue weighted by molar-refractivity contribution is 0.575. The van der Waals surface area contributed by atoms with Gasteiger partial charge in [-0.1, -0.05) is 147 Å². The minimum absolute atomic E-state index is 0.241. The zero-order chi connectivity index (χ0) is 31.5. The van der Waals surface area contributed by atoms with Gasteiger partial charge < -0.3 is 0 Å². The standard InChI is InChI=1S/C43H32N4/c1-27(2)38-33-21-13-12-20-32(33)34-23-24-35-36-26-31(28-14-6-3-7-15-28)22-25-37(36)47(40(35)39(34)38)43-45-41(29-16-8-4-9-17-29)44-42(46-43)30-18-10-5-11-19-30/h3-27,38H,1-2H3. The van der Waals surface area contributed by atoms with Crippen molar-refractivity contribution < 1.29 is 0 Å². The minimum Gasteiger partial charge on any atom is -0.277 e. The number of rotatable bonds is 5. The molecule has 0 amide bonds. The third-order valence-electron chi connectivity index (χ3n) is 9.53. The Morgan fingerprint density at radius 3 is 1.74 bits per heavy atom. The van der Waals surface area contributed by atoms with Gasteiger partial charge in [0.2, 0.25) is 5.95 Å². The van der Waals surface area contributed by atoms with Crippen molar-refractivity contribution in [3.8, 4) is 51.0 Å². The maximum Gasteiger partial charge on any atom is 0.238 e. The predicted molar refractivity (Wildman–Crippen MR) is 193 cm³/mol. The summed E-state index contributed by atoms with van der Waals surface area (Å²) in [4.78, 5) is 15.5. The van der Waals surface area contributed by atoms with Gasteiger partial charge in [-0.25, -0.2) is 4.98 Å². The average Bonchev–Trinajstić information content (AvgIpc) is 3.65. The van der Waals surface area contributed by atoms with Crippen LogP contribution < -0.4 is 0 Å². The van der Waals surface area contributed by atoms with E-state index in [4.69, 9.17) is 15.0 Å². The fourth-order valence-electron chi connectivity index (χ4n) is 7.46. The molecule has 47 heavy (non-hydrogen) atoms. The summed E-state index contributed by atoms with van der Waals surface area (Å²) in [5, 5.41) is 2.39. The van der Waals surface area contributed by atoms with E-state index in [9.17, 15) is 0 Å². The summed E-state index contributed by atoms with van der Waals surface area (Å²) in [6.45, 7) is 4.67. The average molecular weight is 605 g/mol. The first-order chi connectivity index (χ1) is 23.2. The molecule has 0 saturated carbocycles. The van der Waals surface area contributed by atoms with Crippen molar-refractivity contribution in [3.63, 3.8) is 0 Å². The van der Waals surface area contributed by atoms with Gasteiger partial charge in [0.15, 0.2) is 11.6 Å². The number of aromatic nitrogens is 4. The summed E-state index contributed by atoms with van der Waals surface area (Å²) in [6.07, 6.45) is 0. The maximum absolute atomic E-state index is 5.24. The smallest absolute Gasteiger partial charge is 0.238 e. The highest BCUT2D eigenvalue weighted by Crippen LogP contribution is 2.52. The van der Waals surface area contributed by atoms with Crippen molar-refractivity contribution >= 4 is 21.8 Å². The Labute approximate surface area is 274 Å². The lowest BCUT2D eigenvalue weighted by Crippen LogP contribution is -2.10. The van der Waals surface area contributed by atoms with Crippen LogP contribution in [0.15, 0.2) is 146 Å². The molecular weight excluding hydrogens is 573 g/mol. The summed E-state index contributed by atoms with van der Waals surface area (Å²) >= 11 is 0. The fraction of sp³-hybridized carbons (Fsp3) is 0.0930. The van der Waals surface area contributed by atoms with E-state index in [0.29, 0.717) is 23.5 Å². The summed E-state index contributed by atoms with van der Waals surface area (Å²) in [6, 6.07) is 51.4. The molecule has 8 aromatic rings. The molecule has 1 unspecified atom stereocenters. The molecular formula is C43H32N4. The van der Waals surface area contributed by atoms with Gasteiger partial charge in [-0.15, -0.1) is 0 Å². The Bertz CT molecular complexity index is 2370. The normalized spacial score (nSPS) is 13.7. The molecule has 0 bridgehead atoms. The van der Waals surface area contributed by atoms with Gasteiger partial charge in [0.05, 0.1) is 11.0 Å². The van der Waals surface area contributed by atoms with E-state index in [0.717, 1.165) is 16.6 Å². The van der Waals surface area contributed by atoms with Gasteiger partial charge in [-0.05, 0) is 51.4 Å². The van der Waals surface area contributed by atoms with Crippen molar-refractivity contribution in [2.24, 2.45) is 5.92 Å². The van der Waals surface area contributed by atoms with E-state index in [-0.39, 0.29) is 5.92 Å². The summed E-state index contributed by atoms with van der Waals surface area (Å²) < 4.78 is 2.31. The lowest BCUT2D eigenvalue weighted by Gasteiger charge is -2.20. The van der Waals surface area contributed by atoms with Gasteiger partial charge in [0.25, 0.3) is 0 Å². The van der Waals surface area contributed by atoms with Gasteiger partial charge in [0, 0.05) is 27.8 Å². The van der Waals surface area contributed by atoms with Crippen molar-refractivity contribution in [1.82, 2.24) is 19.5 Å². The van der Waals surface area contributed by atoms with E-state index < -0.39 is 0 Å². The van der Waals surface area contributed by atoms with E-state index >= 15 is 0 Å². The van der Waals surface area contributed by atoms with Crippen LogP contribution in [0.3, 0.4) is 0 Å². The third-order valence-corrected chi connectivity index (χ3v) is 9.53. The van der Waals surface area contributed by atoms with Crippen LogP contribution in [0.4, 0.5) is 0 Å². The van der Waals surface area contributed by atoms with Crippen molar-refractivity contribution in [2.75, 3.05) is 0 Å². The Balaban J connectivity index is 1.41. The molecule has 2 heterocycles. The zero-order valence-electron chi connectivity index (χ0n) is 26.3. The molecule has 1 atom stereocenters. The van der Waals surface area contributed by atoms with Crippen LogP contribution in [0.1, 0.15) is 30.9 Å². The van der Waals surface area contributed by atoms with Crippen molar-refractivity contribution in [3.05, 3.63) is 157 Å². The van der Waals surface area contributed by atoms with Crippen LogP contribution in [-0.2, 0) is 0 Å². The second kappa shape index (κ2) is 10.9. The molecule has 0 radical (unpaired) electrons. The number of benzene rings is 6. The lowest BCUT2D eigenvalue weighted by atomic mass is 9.85. The maximum atomic E-state index is 5.24. The van der Waals surface area contributed by atoms with Crippen LogP contribution in [0.2, 0.25) is 0 Å². The number of hydrogen-bond acceptors (Lipinski definition) is 3. The number of nitrogens with zero attached hydrogens (tertiary/aromatic N) is 4. The van der Waals surface area contributed by atoms with Gasteiger partial charge >= 0.3 is 0 Å². The number of fused-ring (bicyclic) bond motifs is 7. The first-order valence-electron chi connectivity index (χ1n) is 16.3. The molecule has 4 nitrogen and oxygen atoms in total. The molecule has 0 spiro atoms. The summed E-state index contributed by atoms with van der Waals surface area (Å²) in [5.41, 5.74) is 11.9. The van der Waals surface area contributed by atoms with E-state index in [1.54, 1.807) is 0 Å². The molecule has 0 saturated heterocycles. The second-order valence-corrected chi connectivity index (χ2v) is 12.7. The van der Waals surface area contributed by atoms with Crippen molar-refractivity contribution in [1.29, 1.82) is 0 Å². The Morgan fingerprint density at radius 1 is 0.511 bits per heavy atom. The van der Waals surface area contributed by atoms with Crippen LogP contribution >= 0.6 is 0 Å². The number of hydrogen-bond donors (Lipinski definition) is 0. The first-order valence-corrected chi connectivity index (χ1v) is 16.3. The summed E-state index contributed by atoms with van der Waals surface area (Å²) in [7, 11) is 0. The molecule has 224 valence electrons. The largest absolute Gasteiger partial charge is 0.277 e. The minimum atomic E-state index is 0.241. The second-order valence-electron chi connectivity index (χ2n) is 12.7. The van der Waals surface area contributed by atoms with Gasteiger partial charge in [-0.3, -0.25) is 4.57 Å². The molecule has 1 aliphatic carbocycles. The predicted octanol–water partition coefficient (Wildman–Crippen LogP) is 10.7. The Morgan fingerprint density at radius 2 is 1.11 bits per heavy atom. The SMILES string of the molecule is CC(C)C1c2ccccc2-c2ccc3c4cc(-c5ccccc5)ccc4n(-c4nc(-c5ccccc5)nc(-c5ccccc5)n4)c3c21. The monoisotopic (exact) mass is 604 g/mol. The van der Waals surface area contributed by atoms with Crippen LogP contribution in [0.5, 0.6) is 0 Å². The highest BCUT2D eigenvalue weighted by atomic mass is 15.2. The molecule has 9 rings (SSSR count). The van der Waals surface area contributed by atoms with Crippen LogP contribution in [0.25, 0.3) is 72.8 Å². The fourth-order valence-corrected chi connectivity index (χ4v) is 7.46. The molecule has 1 aliphatic rings. The van der Waals surface area contributed by atoms with Gasteiger partial charge in [0.1, 0.15) is 0 Å². The van der Waals surface area contributed by atoms with E-state index in [1.165, 1.54) is 49.7 Å². The molecule has 0 fully saturated rings. The molecule has 0 aliphatic heterocycles. The Kier molecular flexibility index (Phi) is 6.36. The van der Waals surface area contributed by atoms with Crippen molar-refractivity contribution in [2.45, 2.75) is 19.8 Å². The van der Waals surface area contributed by atoms with E-state index in [1.807, 2.05) is 36.4 Å². The van der Waals surface area contributed by atoms with E-state index in [2.05, 4.69) is 128 Å². The molecule has 2 aromatic heterocycles. The quantitative estimate of drug-likeness (QED) is 0.196. The third kappa shape index (κ3) is 4.40. The van der Waals surface area contributed by atoms with Gasteiger partial charge in [-0.2, -0.15) is 9.97 Å². The van der Waals surface area contributed by atoms with Crippen LogP contribution in [-0.4, -0.2) is 19.5 Å². The van der Waals surface area contributed by atoms with Crippen LogP contribution in [0, 0.1) is 5.92 Å². The Hall–Kier alpha value is -5.87.